The Morgan fingerprint density at radius 3 is 2.42 bits per heavy atom. The maximum atomic E-state index is 5.95. The summed E-state index contributed by atoms with van der Waals surface area (Å²) >= 11 is 0. The van der Waals surface area contributed by atoms with Crippen LogP contribution >= 0.6 is 0 Å². The van der Waals surface area contributed by atoms with Crippen molar-refractivity contribution in [1.29, 1.82) is 0 Å². The van der Waals surface area contributed by atoms with E-state index < -0.39 is 0 Å². The molecule has 4 nitrogen and oxygen atoms in total. The molecule has 1 saturated heterocycles. The second-order valence-corrected chi connectivity index (χ2v) is 10.2. The largest absolute Gasteiger partial charge is 0.377 e. The van der Waals surface area contributed by atoms with Crippen LogP contribution in [0.4, 0.5) is 0 Å². The minimum absolute atomic E-state index is 0.505. The molecule has 0 N–H and O–H groups in total. The van der Waals surface area contributed by atoms with E-state index >= 15 is 0 Å². The van der Waals surface area contributed by atoms with Crippen LogP contribution in [0.2, 0.25) is 0 Å². The summed E-state index contributed by atoms with van der Waals surface area (Å²) in [6.07, 6.45) is 8.35. The van der Waals surface area contributed by atoms with Gasteiger partial charge in [-0.05, 0) is 73.6 Å². The molecule has 3 rings (SSSR count). The number of rotatable bonds is 14. The van der Waals surface area contributed by atoms with Gasteiger partial charge in [-0.15, -0.1) is 0 Å². The summed E-state index contributed by atoms with van der Waals surface area (Å²) in [5, 5.41) is 0. The standard InChI is InChI=1S/C32H47N3O/c1-7-26(4)30(16-13-23-36-25-28-14-11-10-12-15-28)32-18-17-31(33(32)6)27(5)24-29(8-2)35-21-19-34(9-3)20-22-35/h7,9-12,14-15,17-18,27,29H,1,3,8,13,16,19-25H2,2,4-6H3/b30-26-. The maximum absolute atomic E-state index is 5.95. The lowest BCUT2D eigenvalue weighted by Gasteiger charge is -2.39. The van der Waals surface area contributed by atoms with Crippen LogP contribution in [-0.2, 0) is 18.4 Å². The first-order valence-electron chi connectivity index (χ1n) is 13.7. The van der Waals surface area contributed by atoms with E-state index in [9.17, 15) is 0 Å². The van der Waals surface area contributed by atoms with Crippen LogP contribution in [0.5, 0.6) is 0 Å². The fraction of sp³-hybridized carbons (Fsp3) is 0.500. The molecule has 1 fully saturated rings. The normalized spacial score (nSPS) is 16.9. The van der Waals surface area contributed by atoms with Crippen LogP contribution in [0.1, 0.15) is 69.3 Å². The van der Waals surface area contributed by atoms with Crippen LogP contribution < -0.4 is 0 Å². The smallest absolute Gasteiger partial charge is 0.0716 e. The van der Waals surface area contributed by atoms with Gasteiger partial charge in [0.25, 0.3) is 0 Å². The Morgan fingerprint density at radius 2 is 1.78 bits per heavy atom. The van der Waals surface area contributed by atoms with Crippen molar-refractivity contribution in [3.63, 3.8) is 0 Å². The molecular formula is C32H47N3O. The van der Waals surface area contributed by atoms with Crippen molar-refractivity contribution in [3.8, 4) is 0 Å². The van der Waals surface area contributed by atoms with E-state index in [0.29, 0.717) is 18.6 Å². The molecular weight excluding hydrogens is 442 g/mol. The molecule has 36 heavy (non-hydrogen) atoms. The molecule has 4 heteroatoms. The van der Waals surface area contributed by atoms with Crippen molar-refractivity contribution >= 4 is 5.57 Å². The van der Waals surface area contributed by atoms with Crippen LogP contribution in [0, 0.1) is 0 Å². The molecule has 1 aliphatic rings. The number of aromatic nitrogens is 1. The number of piperazine rings is 1. The summed E-state index contributed by atoms with van der Waals surface area (Å²) < 4.78 is 8.37. The Labute approximate surface area is 219 Å². The fourth-order valence-electron chi connectivity index (χ4n) is 5.48. The van der Waals surface area contributed by atoms with Crippen molar-refractivity contribution in [1.82, 2.24) is 14.4 Å². The highest BCUT2D eigenvalue weighted by Crippen LogP contribution is 2.31. The van der Waals surface area contributed by atoms with E-state index in [1.807, 2.05) is 18.3 Å². The second-order valence-electron chi connectivity index (χ2n) is 10.2. The van der Waals surface area contributed by atoms with Gasteiger partial charge in [0.05, 0.1) is 6.61 Å². The summed E-state index contributed by atoms with van der Waals surface area (Å²) in [6.45, 7) is 20.8. The highest BCUT2D eigenvalue weighted by molar-refractivity contribution is 5.69. The molecule has 196 valence electrons. The molecule has 0 aliphatic carbocycles. The van der Waals surface area contributed by atoms with Gasteiger partial charge in [-0.25, -0.2) is 0 Å². The van der Waals surface area contributed by atoms with Crippen LogP contribution in [0.3, 0.4) is 0 Å². The van der Waals surface area contributed by atoms with Crippen LogP contribution in [-0.4, -0.2) is 53.2 Å². The maximum Gasteiger partial charge on any atom is 0.0716 e. The predicted molar refractivity (Wildman–Crippen MR) is 154 cm³/mol. The van der Waals surface area contributed by atoms with Crippen molar-refractivity contribution in [2.75, 3.05) is 32.8 Å². The lowest BCUT2D eigenvalue weighted by atomic mass is 9.95. The highest BCUT2D eigenvalue weighted by Gasteiger charge is 2.25. The number of ether oxygens (including phenoxy) is 1. The zero-order chi connectivity index (χ0) is 25.9. The van der Waals surface area contributed by atoms with E-state index in [1.54, 1.807) is 0 Å². The monoisotopic (exact) mass is 489 g/mol. The summed E-state index contributed by atoms with van der Waals surface area (Å²) in [7, 11) is 2.23. The van der Waals surface area contributed by atoms with E-state index in [4.69, 9.17) is 4.74 Å². The van der Waals surface area contributed by atoms with Gasteiger partial charge in [-0.1, -0.05) is 63.4 Å². The average Bonchev–Trinajstić information content (AvgIpc) is 3.30. The predicted octanol–water partition coefficient (Wildman–Crippen LogP) is 7.01. The van der Waals surface area contributed by atoms with Crippen molar-refractivity contribution < 1.29 is 4.74 Å². The molecule has 2 atom stereocenters. The van der Waals surface area contributed by atoms with Gasteiger partial charge in [-0.2, -0.15) is 0 Å². The summed E-state index contributed by atoms with van der Waals surface area (Å²) in [5.74, 6) is 0.505. The van der Waals surface area contributed by atoms with E-state index in [1.165, 1.54) is 40.9 Å². The Bertz CT molecular complexity index is 982. The van der Waals surface area contributed by atoms with Gasteiger partial charge in [0, 0.05) is 57.3 Å². The Hall–Kier alpha value is -2.56. The molecule has 0 saturated carbocycles. The van der Waals surface area contributed by atoms with E-state index in [2.05, 4.69) is 91.7 Å². The SMILES string of the molecule is C=C/C(C)=C(/CCCOCc1ccccc1)c1ccc(C(C)CC(CC)N2CCN(C=C)CC2)n1C. The number of allylic oxidation sites excluding steroid dienone is 3. The van der Waals surface area contributed by atoms with E-state index in [-0.39, 0.29) is 0 Å². The molecule has 0 spiro atoms. The summed E-state index contributed by atoms with van der Waals surface area (Å²) in [6, 6.07) is 15.7. The Morgan fingerprint density at radius 1 is 1.06 bits per heavy atom. The molecule has 2 unspecified atom stereocenters. The molecule has 2 heterocycles. The zero-order valence-corrected chi connectivity index (χ0v) is 23.1. The van der Waals surface area contributed by atoms with Gasteiger partial charge in [0.15, 0.2) is 0 Å². The van der Waals surface area contributed by atoms with Gasteiger partial charge in [0.2, 0.25) is 0 Å². The van der Waals surface area contributed by atoms with E-state index in [0.717, 1.165) is 45.6 Å². The van der Waals surface area contributed by atoms with Crippen LogP contribution in [0.15, 0.2) is 73.5 Å². The lowest BCUT2D eigenvalue weighted by molar-refractivity contribution is 0.110. The van der Waals surface area contributed by atoms with Crippen LogP contribution in [0.25, 0.3) is 5.57 Å². The Kier molecular flexibility index (Phi) is 11.1. The first-order valence-corrected chi connectivity index (χ1v) is 13.7. The molecule has 0 amide bonds. The molecule has 1 aromatic heterocycles. The van der Waals surface area contributed by atoms with Gasteiger partial charge in [-0.3, -0.25) is 4.90 Å². The lowest BCUT2D eigenvalue weighted by Crippen LogP contribution is -2.48. The number of nitrogens with zero attached hydrogens (tertiary/aromatic N) is 3. The van der Waals surface area contributed by atoms with Gasteiger partial charge < -0.3 is 14.2 Å². The van der Waals surface area contributed by atoms with Gasteiger partial charge >= 0.3 is 0 Å². The quantitative estimate of drug-likeness (QED) is 0.210. The first-order chi connectivity index (χ1) is 17.5. The molecule has 0 radical (unpaired) electrons. The third-order valence-electron chi connectivity index (χ3n) is 7.80. The van der Waals surface area contributed by atoms with Crippen molar-refractivity contribution in [2.24, 2.45) is 7.05 Å². The van der Waals surface area contributed by atoms with Gasteiger partial charge in [0.1, 0.15) is 0 Å². The summed E-state index contributed by atoms with van der Waals surface area (Å²) in [5.41, 5.74) is 6.59. The first kappa shape index (κ1) is 28.0. The molecule has 0 bridgehead atoms. The highest BCUT2D eigenvalue weighted by atomic mass is 16.5. The molecule has 1 aliphatic heterocycles. The van der Waals surface area contributed by atoms with Crippen molar-refractivity contribution in [2.45, 2.75) is 65.0 Å². The molecule has 2 aromatic rings. The topological polar surface area (TPSA) is 20.6 Å². The summed E-state index contributed by atoms with van der Waals surface area (Å²) in [4.78, 5) is 5.02. The fourth-order valence-corrected chi connectivity index (χ4v) is 5.48. The minimum Gasteiger partial charge on any atom is -0.377 e. The second kappa shape index (κ2) is 14.2. The average molecular weight is 490 g/mol. The molecule has 1 aromatic carbocycles. The zero-order valence-electron chi connectivity index (χ0n) is 23.1. The van der Waals surface area contributed by atoms with Crippen molar-refractivity contribution in [3.05, 3.63) is 90.4 Å². The third-order valence-corrected chi connectivity index (χ3v) is 7.80. The Balaban J connectivity index is 1.61. The number of benzene rings is 1. The number of hydrogen-bond acceptors (Lipinski definition) is 3. The minimum atomic E-state index is 0.505. The number of hydrogen-bond donors (Lipinski definition) is 0. The third kappa shape index (κ3) is 7.47.